The second-order valence-corrected chi connectivity index (χ2v) is 9.98. The van der Waals surface area contributed by atoms with Crippen molar-refractivity contribution in [1.82, 2.24) is 0 Å². The van der Waals surface area contributed by atoms with Crippen LogP contribution < -0.4 is 16.4 Å². The SMILES string of the molecule is CC(C)(C)B1SB(c2ccc(C(C)(C)C)cc2)c2ccccc21. The Kier molecular flexibility index (Phi) is 4.21. The van der Waals surface area contributed by atoms with Crippen LogP contribution in [0.5, 0.6) is 0 Å². The van der Waals surface area contributed by atoms with Crippen LogP contribution in [0.25, 0.3) is 0 Å². The first-order chi connectivity index (χ1) is 10.7. The van der Waals surface area contributed by atoms with Crippen LogP contribution >= 0.6 is 11.5 Å². The summed E-state index contributed by atoms with van der Waals surface area (Å²) in [6.07, 6.45) is 0. The zero-order valence-electron chi connectivity index (χ0n) is 15.2. The van der Waals surface area contributed by atoms with Gasteiger partial charge in [0.2, 0.25) is 5.99 Å². The lowest BCUT2D eigenvalue weighted by Gasteiger charge is -2.24. The molecule has 3 rings (SSSR count). The molecule has 0 amide bonds. The molecule has 0 aromatic heterocycles. The van der Waals surface area contributed by atoms with Crippen LogP contribution in [0.2, 0.25) is 5.31 Å². The Hall–Kier alpha value is -1.08. The summed E-state index contributed by atoms with van der Waals surface area (Å²) in [6.45, 7) is 13.9. The third-order valence-corrected chi connectivity index (χ3v) is 6.73. The van der Waals surface area contributed by atoms with Crippen LogP contribution in [-0.2, 0) is 5.41 Å². The van der Waals surface area contributed by atoms with E-state index in [1.807, 2.05) is 0 Å². The monoisotopic (exact) mass is 320 g/mol. The average Bonchev–Trinajstić information content (AvgIpc) is 2.86. The minimum atomic E-state index is 0.215. The van der Waals surface area contributed by atoms with Crippen LogP contribution in [0.3, 0.4) is 0 Å². The van der Waals surface area contributed by atoms with Crippen molar-refractivity contribution in [2.24, 2.45) is 0 Å². The molecule has 0 fully saturated rings. The van der Waals surface area contributed by atoms with Gasteiger partial charge in [0.05, 0.1) is 0 Å². The van der Waals surface area contributed by atoms with E-state index in [0.29, 0.717) is 12.0 Å². The Labute approximate surface area is 146 Å². The second-order valence-electron chi connectivity index (χ2n) is 8.76. The molecule has 0 unspecified atom stereocenters. The molecular weight excluding hydrogens is 294 g/mol. The lowest BCUT2D eigenvalue weighted by molar-refractivity contribution is 0.590. The molecule has 118 valence electrons. The van der Waals surface area contributed by atoms with Gasteiger partial charge in [-0.2, -0.15) is 0 Å². The van der Waals surface area contributed by atoms with Crippen molar-refractivity contribution in [3.63, 3.8) is 0 Å². The Balaban J connectivity index is 1.98. The number of benzene rings is 2. The summed E-state index contributed by atoms with van der Waals surface area (Å²) >= 11 is 2.11. The van der Waals surface area contributed by atoms with Crippen LogP contribution in [0.15, 0.2) is 48.5 Å². The van der Waals surface area contributed by atoms with Crippen LogP contribution in [0, 0.1) is 0 Å². The van der Waals surface area contributed by atoms with Crippen molar-refractivity contribution in [1.29, 1.82) is 0 Å². The van der Waals surface area contributed by atoms with Gasteiger partial charge in [-0.05, 0) is 16.3 Å². The highest BCUT2D eigenvalue weighted by molar-refractivity contribution is 8.49. The largest absolute Gasteiger partial charge is 0.263 e. The maximum absolute atomic E-state index is 2.35. The summed E-state index contributed by atoms with van der Waals surface area (Å²) in [7, 11) is 0. The molecule has 0 nitrogen and oxygen atoms in total. The standard InChI is InChI=1S/C20H26B2S/c1-19(2,3)15-11-13-16(14-12-15)21-17-9-7-8-10-18(17)22(23-21)20(4,5)6/h7-14H,1-6H3. The third-order valence-electron chi connectivity index (χ3n) is 4.70. The minimum absolute atomic E-state index is 0.215. The molecule has 0 spiro atoms. The molecule has 3 heteroatoms. The van der Waals surface area contributed by atoms with E-state index < -0.39 is 0 Å². The Morgan fingerprint density at radius 2 is 1.30 bits per heavy atom. The molecule has 2 aromatic carbocycles. The Morgan fingerprint density at radius 3 is 1.83 bits per heavy atom. The summed E-state index contributed by atoms with van der Waals surface area (Å²) in [5.41, 5.74) is 6.08. The molecule has 23 heavy (non-hydrogen) atoms. The van der Waals surface area contributed by atoms with Crippen molar-refractivity contribution >= 4 is 39.8 Å². The first-order valence-corrected chi connectivity index (χ1v) is 9.47. The normalized spacial score (nSPS) is 15.0. The zero-order valence-corrected chi connectivity index (χ0v) is 16.0. The fraction of sp³-hybridized carbons (Fsp3) is 0.400. The predicted octanol–water partition coefficient (Wildman–Crippen LogP) is 3.84. The summed E-state index contributed by atoms with van der Waals surface area (Å²) in [6, 6.07) is 18.3. The van der Waals surface area contributed by atoms with Gasteiger partial charge in [-0.25, -0.2) is 11.5 Å². The van der Waals surface area contributed by atoms with E-state index in [1.54, 1.807) is 0 Å². The summed E-state index contributed by atoms with van der Waals surface area (Å²) in [5, 5.41) is 0.279. The van der Waals surface area contributed by atoms with E-state index in [1.165, 1.54) is 22.0 Å². The second kappa shape index (κ2) is 5.77. The number of hydrogen-bond acceptors (Lipinski definition) is 1. The van der Waals surface area contributed by atoms with Crippen LogP contribution in [0.1, 0.15) is 47.1 Å². The van der Waals surface area contributed by atoms with Gasteiger partial charge in [0.25, 0.3) is 5.99 Å². The van der Waals surface area contributed by atoms with Gasteiger partial charge in [-0.15, -0.1) is 0 Å². The van der Waals surface area contributed by atoms with Gasteiger partial charge >= 0.3 is 0 Å². The van der Waals surface area contributed by atoms with Gasteiger partial charge in [-0.1, -0.05) is 106 Å². The molecule has 1 aliphatic rings. The minimum Gasteiger partial charge on any atom is -0.238 e. The molecule has 1 heterocycles. The third kappa shape index (κ3) is 3.26. The summed E-state index contributed by atoms with van der Waals surface area (Å²) < 4.78 is 0. The van der Waals surface area contributed by atoms with Crippen molar-refractivity contribution in [3.05, 3.63) is 54.1 Å². The van der Waals surface area contributed by atoms with E-state index in [0.717, 1.165) is 0 Å². The maximum atomic E-state index is 2.35. The summed E-state index contributed by atoms with van der Waals surface area (Å²) in [5.74, 6) is 1.02. The molecule has 0 atom stereocenters. The topological polar surface area (TPSA) is 0 Å². The maximum Gasteiger partial charge on any atom is 0.263 e. The fourth-order valence-corrected chi connectivity index (χ4v) is 5.08. The number of hydrogen-bond donors (Lipinski definition) is 0. The van der Waals surface area contributed by atoms with Gasteiger partial charge in [-0.3, -0.25) is 0 Å². The van der Waals surface area contributed by atoms with Gasteiger partial charge in [0.1, 0.15) is 0 Å². The van der Waals surface area contributed by atoms with Crippen molar-refractivity contribution in [2.75, 3.05) is 0 Å². The first kappa shape index (κ1) is 16.8. The molecule has 0 saturated heterocycles. The van der Waals surface area contributed by atoms with Gasteiger partial charge in [0, 0.05) is 0 Å². The molecular formula is C20H26B2S. The fourth-order valence-electron chi connectivity index (χ4n) is 3.36. The lowest BCUT2D eigenvalue weighted by Crippen LogP contribution is -2.43. The smallest absolute Gasteiger partial charge is 0.238 e. The van der Waals surface area contributed by atoms with Crippen molar-refractivity contribution in [2.45, 2.75) is 52.3 Å². The van der Waals surface area contributed by atoms with E-state index in [4.69, 9.17) is 0 Å². The highest BCUT2D eigenvalue weighted by atomic mass is 32.2. The van der Waals surface area contributed by atoms with E-state index >= 15 is 0 Å². The molecule has 0 saturated carbocycles. The Bertz CT molecular complexity index is 693. The highest BCUT2D eigenvalue weighted by Crippen LogP contribution is 2.37. The van der Waals surface area contributed by atoms with E-state index in [2.05, 4.69) is 102 Å². The van der Waals surface area contributed by atoms with Crippen molar-refractivity contribution < 1.29 is 0 Å². The molecule has 2 aromatic rings. The number of fused-ring (bicyclic) bond motifs is 1. The molecule has 0 radical (unpaired) electrons. The van der Waals surface area contributed by atoms with Gasteiger partial charge < -0.3 is 0 Å². The molecule has 0 bridgehead atoms. The Morgan fingerprint density at radius 1 is 0.739 bits per heavy atom. The average molecular weight is 320 g/mol. The molecule has 1 aliphatic heterocycles. The number of rotatable bonds is 1. The summed E-state index contributed by atoms with van der Waals surface area (Å²) in [4.78, 5) is 0. The van der Waals surface area contributed by atoms with E-state index in [-0.39, 0.29) is 10.7 Å². The highest BCUT2D eigenvalue weighted by Gasteiger charge is 2.43. The lowest BCUT2D eigenvalue weighted by atomic mass is 9.46. The van der Waals surface area contributed by atoms with Crippen molar-refractivity contribution in [3.8, 4) is 0 Å². The van der Waals surface area contributed by atoms with Crippen LogP contribution in [-0.4, -0.2) is 12.0 Å². The first-order valence-electron chi connectivity index (χ1n) is 8.52. The van der Waals surface area contributed by atoms with Crippen LogP contribution in [0.4, 0.5) is 0 Å². The molecule has 0 aliphatic carbocycles. The molecule has 0 N–H and O–H groups in total. The predicted molar refractivity (Wildman–Crippen MR) is 109 cm³/mol. The quantitative estimate of drug-likeness (QED) is 0.720. The van der Waals surface area contributed by atoms with E-state index in [9.17, 15) is 0 Å². The van der Waals surface area contributed by atoms with Gasteiger partial charge in [0.15, 0.2) is 0 Å². The zero-order chi connectivity index (χ0) is 16.8.